The van der Waals surface area contributed by atoms with Crippen LogP contribution in [0.1, 0.15) is 37.3 Å². The summed E-state index contributed by atoms with van der Waals surface area (Å²) in [5.41, 5.74) is 2.47. The van der Waals surface area contributed by atoms with E-state index >= 15 is 0 Å². The van der Waals surface area contributed by atoms with Crippen LogP contribution in [0.2, 0.25) is 0 Å². The van der Waals surface area contributed by atoms with Gasteiger partial charge in [0, 0.05) is 17.6 Å². The van der Waals surface area contributed by atoms with Crippen molar-refractivity contribution >= 4 is 10.9 Å². The van der Waals surface area contributed by atoms with Gasteiger partial charge in [0.15, 0.2) is 0 Å². The fourth-order valence-corrected chi connectivity index (χ4v) is 2.60. The maximum atomic E-state index is 4.37. The number of pyridine rings is 1. The van der Waals surface area contributed by atoms with Crippen molar-refractivity contribution in [2.45, 2.75) is 31.7 Å². The summed E-state index contributed by atoms with van der Waals surface area (Å²) in [5.74, 6) is 1.00. The molecule has 1 saturated carbocycles. The van der Waals surface area contributed by atoms with E-state index in [0.717, 1.165) is 11.4 Å². The van der Waals surface area contributed by atoms with Crippen molar-refractivity contribution in [3.8, 4) is 0 Å². The Bertz CT molecular complexity index is 531. The van der Waals surface area contributed by atoms with Crippen LogP contribution in [-0.2, 0) is 0 Å². The van der Waals surface area contributed by atoms with Crippen molar-refractivity contribution in [1.29, 1.82) is 0 Å². The van der Waals surface area contributed by atoms with Crippen LogP contribution >= 0.6 is 0 Å². The first-order valence-corrected chi connectivity index (χ1v) is 6.89. The maximum absolute atomic E-state index is 4.37. The van der Waals surface area contributed by atoms with Gasteiger partial charge in [0.1, 0.15) is 0 Å². The van der Waals surface area contributed by atoms with E-state index in [0.29, 0.717) is 6.04 Å². The van der Waals surface area contributed by atoms with Crippen molar-refractivity contribution in [2.75, 3.05) is 7.05 Å². The number of hydrogen-bond donors (Lipinski definition) is 1. The summed E-state index contributed by atoms with van der Waals surface area (Å²) in [6.07, 6.45) is 7.34. The molecule has 0 bridgehead atoms. The Morgan fingerprint density at radius 1 is 1.33 bits per heavy atom. The molecular formula is C16H20N2. The molecule has 0 aliphatic heterocycles. The molecule has 1 fully saturated rings. The first-order chi connectivity index (χ1) is 8.86. The molecular weight excluding hydrogens is 220 g/mol. The van der Waals surface area contributed by atoms with E-state index in [9.17, 15) is 0 Å². The van der Waals surface area contributed by atoms with Crippen LogP contribution in [0.5, 0.6) is 0 Å². The van der Waals surface area contributed by atoms with E-state index in [2.05, 4.69) is 41.6 Å². The highest BCUT2D eigenvalue weighted by Gasteiger charge is 2.22. The number of nitrogens with zero attached hydrogens (tertiary/aromatic N) is 1. The smallest absolute Gasteiger partial charge is 0.0702 e. The zero-order valence-corrected chi connectivity index (χ0v) is 10.9. The third-order valence-electron chi connectivity index (χ3n) is 3.94. The standard InChI is InChI=1S/C16H20N2/c1-17-15(8-6-12-4-5-12)14-7-9-16-13(11-14)3-2-10-18-16/h2-3,7,9-12,15,17H,4-6,8H2,1H3. The lowest BCUT2D eigenvalue weighted by molar-refractivity contribution is 0.507. The third kappa shape index (κ3) is 2.54. The molecule has 0 amide bonds. The van der Waals surface area contributed by atoms with Gasteiger partial charge in [-0.2, -0.15) is 0 Å². The zero-order valence-electron chi connectivity index (χ0n) is 10.9. The van der Waals surface area contributed by atoms with Gasteiger partial charge in [-0.15, -0.1) is 0 Å². The lowest BCUT2D eigenvalue weighted by atomic mass is 9.99. The van der Waals surface area contributed by atoms with Gasteiger partial charge in [-0.25, -0.2) is 0 Å². The molecule has 1 aliphatic rings. The Morgan fingerprint density at radius 2 is 2.22 bits per heavy atom. The van der Waals surface area contributed by atoms with Crippen LogP contribution in [0, 0.1) is 5.92 Å². The van der Waals surface area contributed by atoms with Crippen LogP contribution < -0.4 is 5.32 Å². The van der Waals surface area contributed by atoms with E-state index in [-0.39, 0.29) is 0 Å². The minimum absolute atomic E-state index is 0.482. The molecule has 1 heterocycles. The van der Waals surface area contributed by atoms with Crippen molar-refractivity contribution < 1.29 is 0 Å². The summed E-state index contributed by atoms with van der Waals surface area (Å²) in [5, 5.41) is 4.68. The number of hydrogen-bond acceptors (Lipinski definition) is 2. The van der Waals surface area contributed by atoms with E-state index in [4.69, 9.17) is 0 Å². The average Bonchev–Trinajstić information content (AvgIpc) is 3.23. The van der Waals surface area contributed by atoms with Gasteiger partial charge in [0.05, 0.1) is 5.52 Å². The summed E-state index contributed by atoms with van der Waals surface area (Å²) in [6.45, 7) is 0. The topological polar surface area (TPSA) is 24.9 Å². The SMILES string of the molecule is CNC(CCC1CC1)c1ccc2ncccc2c1. The van der Waals surface area contributed by atoms with Crippen LogP contribution in [0.25, 0.3) is 10.9 Å². The minimum Gasteiger partial charge on any atom is -0.313 e. The van der Waals surface area contributed by atoms with Crippen molar-refractivity contribution in [3.63, 3.8) is 0 Å². The first-order valence-electron chi connectivity index (χ1n) is 6.89. The molecule has 1 N–H and O–H groups in total. The molecule has 94 valence electrons. The van der Waals surface area contributed by atoms with Gasteiger partial charge < -0.3 is 5.32 Å². The highest BCUT2D eigenvalue weighted by atomic mass is 14.9. The molecule has 0 spiro atoms. The fourth-order valence-electron chi connectivity index (χ4n) is 2.60. The van der Waals surface area contributed by atoms with Gasteiger partial charge >= 0.3 is 0 Å². The fraction of sp³-hybridized carbons (Fsp3) is 0.438. The Labute approximate surface area is 108 Å². The molecule has 2 heteroatoms. The second-order valence-electron chi connectivity index (χ2n) is 5.32. The van der Waals surface area contributed by atoms with E-state index < -0.39 is 0 Å². The normalized spacial score (nSPS) is 16.9. The highest BCUT2D eigenvalue weighted by molar-refractivity contribution is 5.79. The molecule has 1 aliphatic carbocycles. The number of benzene rings is 1. The summed E-state index contributed by atoms with van der Waals surface area (Å²) in [6, 6.07) is 11.2. The average molecular weight is 240 g/mol. The van der Waals surface area contributed by atoms with Crippen LogP contribution in [0.15, 0.2) is 36.5 Å². The molecule has 18 heavy (non-hydrogen) atoms. The monoisotopic (exact) mass is 240 g/mol. The Hall–Kier alpha value is -1.41. The molecule has 2 aromatic rings. The summed E-state index contributed by atoms with van der Waals surface area (Å²) >= 11 is 0. The Morgan fingerprint density at radius 3 is 3.00 bits per heavy atom. The van der Waals surface area contributed by atoms with Gasteiger partial charge in [-0.05, 0) is 49.6 Å². The first kappa shape index (κ1) is 11.7. The van der Waals surface area contributed by atoms with Crippen molar-refractivity contribution in [3.05, 3.63) is 42.1 Å². The largest absolute Gasteiger partial charge is 0.313 e. The Kier molecular flexibility index (Phi) is 3.28. The summed E-state index contributed by atoms with van der Waals surface area (Å²) in [7, 11) is 2.06. The molecule has 3 rings (SSSR count). The minimum atomic E-state index is 0.482. The van der Waals surface area contributed by atoms with Gasteiger partial charge in [0.25, 0.3) is 0 Å². The molecule has 1 atom stereocenters. The lowest BCUT2D eigenvalue weighted by Gasteiger charge is -2.17. The summed E-state index contributed by atoms with van der Waals surface area (Å²) < 4.78 is 0. The number of nitrogens with one attached hydrogen (secondary N) is 1. The Balaban J connectivity index is 1.81. The maximum Gasteiger partial charge on any atom is 0.0702 e. The molecule has 0 radical (unpaired) electrons. The van der Waals surface area contributed by atoms with E-state index in [1.807, 2.05) is 12.3 Å². The van der Waals surface area contributed by atoms with Gasteiger partial charge in [-0.3, -0.25) is 4.98 Å². The van der Waals surface area contributed by atoms with Crippen LogP contribution in [0.3, 0.4) is 0 Å². The predicted octanol–water partition coefficient (Wildman–Crippen LogP) is 3.69. The number of aromatic nitrogens is 1. The molecule has 1 aromatic heterocycles. The molecule has 0 saturated heterocycles. The summed E-state index contributed by atoms with van der Waals surface area (Å²) in [4.78, 5) is 4.37. The second kappa shape index (κ2) is 5.07. The zero-order chi connectivity index (χ0) is 12.4. The lowest BCUT2D eigenvalue weighted by Crippen LogP contribution is -2.16. The highest BCUT2D eigenvalue weighted by Crippen LogP contribution is 2.36. The van der Waals surface area contributed by atoms with Gasteiger partial charge in [0.2, 0.25) is 0 Å². The van der Waals surface area contributed by atoms with E-state index in [1.54, 1.807) is 0 Å². The third-order valence-corrected chi connectivity index (χ3v) is 3.94. The number of rotatable bonds is 5. The molecule has 1 unspecified atom stereocenters. The van der Waals surface area contributed by atoms with Crippen LogP contribution in [-0.4, -0.2) is 12.0 Å². The molecule has 1 aromatic carbocycles. The van der Waals surface area contributed by atoms with Gasteiger partial charge in [-0.1, -0.05) is 25.0 Å². The van der Waals surface area contributed by atoms with Crippen molar-refractivity contribution in [1.82, 2.24) is 10.3 Å². The quantitative estimate of drug-likeness (QED) is 0.862. The van der Waals surface area contributed by atoms with E-state index in [1.165, 1.54) is 36.6 Å². The predicted molar refractivity (Wildman–Crippen MR) is 75.5 cm³/mol. The number of fused-ring (bicyclic) bond motifs is 1. The van der Waals surface area contributed by atoms with Crippen LogP contribution in [0.4, 0.5) is 0 Å². The second-order valence-corrected chi connectivity index (χ2v) is 5.32. The molecule has 2 nitrogen and oxygen atoms in total. The van der Waals surface area contributed by atoms with Crippen molar-refractivity contribution in [2.24, 2.45) is 5.92 Å².